The molecule has 0 spiro atoms. The summed E-state index contributed by atoms with van der Waals surface area (Å²) >= 11 is 0. The first-order chi connectivity index (χ1) is 22.8. The normalized spacial score (nSPS) is 12.4. The molecule has 0 aliphatic carbocycles. The zero-order valence-corrected chi connectivity index (χ0v) is 28.5. The minimum absolute atomic E-state index is 0.0293. The molecule has 4 N–H and O–H groups in total. The number of ether oxygens (including phenoxy) is 1. The minimum Gasteiger partial charge on any atom is -0.444 e. The van der Waals surface area contributed by atoms with Crippen LogP contribution in [0.1, 0.15) is 70.6 Å². The summed E-state index contributed by atoms with van der Waals surface area (Å²) in [5.41, 5.74) is 2.01. The molecule has 3 amide bonds. The van der Waals surface area contributed by atoms with Crippen LogP contribution in [-0.4, -0.2) is 75.8 Å². The highest BCUT2D eigenvalue weighted by Crippen LogP contribution is 2.21. The van der Waals surface area contributed by atoms with E-state index in [1.54, 1.807) is 63.4 Å². The number of amides is 3. The van der Waals surface area contributed by atoms with Crippen LogP contribution in [-0.2, 0) is 21.2 Å². The molecule has 0 saturated heterocycles. The van der Waals surface area contributed by atoms with Crippen molar-refractivity contribution < 1.29 is 27.9 Å². The van der Waals surface area contributed by atoms with Crippen LogP contribution in [0.2, 0.25) is 0 Å². The number of nitrogens with one attached hydrogen (secondary N) is 3. The van der Waals surface area contributed by atoms with E-state index in [0.717, 1.165) is 31.2 Å². The molecule has 0 fully saturated rings. The van der Waals surface area contributed by atoms with Gasteiger partial charge in [-0.1, -0.05) is 44.4 Å². The molecular formula is C33H44N8O6S. The fraction of sp³-hybridized carbons (Fsp3) is 0.424. The summed E-state index contributed by atoms with van der Waals surface area (Å²) in [6.07, 6.45) is 4.64. The molecule has 1 atom stereocenters. The lowest BCUT2D eigenvalue weighted by Gasteiger charge is -2.29. The van der Waals surface area contributed by atoms with Gasteiger partial charge in [-0.2, -0.15) is 0 Å². The number of aromatic nitrogens is 4. The number of nitrogens with zero attached hydrogens (tertiary/aromatic N) is 5. The number of rotatable bonds is 15. The summed E-state index contributed by atoms with van der Waals surface area (Å²) in [4.78, 5) is 26.7. The third-order valence-corrected chi connectivity index (χ3v) is 8.66. The van der Waals surface area contributed by atoms with Crippen LogP contribution in [0.3, 0.4) is 0 Å². The third kappa shape index (κ3) is 10.9. The topological polar surface area (TPSA) is 180 Å². The highest BCUT2D eigenvalue weighted by Gasteiger charge is 2.25. The van der Waals surface area contributed by atoms with Crippen LogP contribution in [0.4, 0.5) is 21.0 Å². The number of carbonyl (C=O) groups excluding carboxylic acids is 2. The highest BCUT2D eigenvalue weighted by molar-refractivity contribution is 7.92. The number of aliphatic hydroxyl groups excluding tert-OH is 1. The Hall–Kier alpha value is -4.76. The third-order valence-electron chi connectivity index (χ3n) is 7.26. The van der Waals surface area contributed by atoms with E-state index in [-0.39, 0.29) is 24.0 Å². The van der Waals surface area contributed by atoms with Crippen molar-refractivity contribution in [2.45, 2.75) is 76.4 Å². The molecule has 14 nitrogen and oxygen atoms in total. The van der Waals surface area contributed by atoms with Crippen LogP contribution >= 0.6 is 0 Å². The van der Waals surface area contributed by atoms with E-state index in [9.17, 15) is 23.1 Å². The molecule has 48 heavy (non-hydrogen) atoms. The first kappa shape index (κ1) is 36.1. The zero-order valence-electron chi connectivity index (χ0n) is 27.7. The minimum atomic E-state index is -3.89. The van der Waals surface area contributed by atoms with Crippen molar-refractivity contribution in [1.82, 2.24) is 30.3 Å². The zero-order chi connectivity index (χ0) is 34.7. The lowest BCUT2D eigenvalue weighted by molar-refractivity contribution is 0.0146. The standard InChI is InChI=1S/C33H44N8O6S/c1-5-6-7-8-20-34-31(43)35-26-14-16-28(17-15-26)48(45,46)37-27-12-9-24(10-13-27)19-21-40(32(44)47-33(2,3)4)23-29(42)25-11-18-30-36-38-39-41(30)22-25/h9-18,22,29,37,42H,5-8,19-21,23H2,1-4H3,(H2,34,35,43). The number of anilines is 2. The van der Waals surface area contributed by atoms with Crippen molar-refractivity contribution in [1.29, 1.82) is 0 Å². The SMILES string of the molecule is CCCCCCNC(=O)Nc1ccc(S(=O)(=O)Nc2ccc(CCN(CC(O)c3ccc4nnnn4c3)C(=O)OC(C)(C)C)cc2)cc1. The first-order valence-corrected chi connectivity index (χ1v) is 17.4. The second-order valence-electron chi connectivity index (χ2n) is 12.4. The van der Waals surface area contributed by atoms with E-state index in [4.69, 9.17) is 4.74 Å². The molecule has 0 saturated carbocycles. The van der Waals surface area contributed by atoms with Gasteiger partial charge in [-0.25, -0.2) is 22.5 Å². The van der Waals surface area contributed by atoms with E-state index in [1.807, 2.05) is 0 Å². The van der Waals surface area contributed by atoms with Crippen molar-refractivity contribution >= 4 is 39.2 Å². The average molecular weight is 681 g/mol. The smallest absolute Gasteiger partial charge is 0.410 e. The fourth-order valence-electron chi connectivity index (χ4n) is 4.72. The van der Waals surface area contributed by atoms with Crippen molar-refractivity contribution in [3.05, 3.63) is 78.0 Å². The predicted molar refractivity (Wildman–Crippen MR) is 182 cm³/mol. The van der Waals surface area contributed by atoms with Crippen LogP contribution < -0.4 is 15.4 Å². The summed E-state index contributed by atoms with van der Waals surface area (Å²) in [7, 11) is -3.89. The van der Waals surface area contributed by atoms with Crippen molar-refractivity contribution in [3.8, 4) is 0 Å². The van der Waals surface area contributed by atoms with Gasteiger partial charge in [-0.05, 0) is 92.1 Å². The summed E-state index contributed by atoms with van der Waals surface area (Å²) in [5, 5.41) is 27.8. The van der Waals surface area contributed by atoms with Gasteiger partial charge in [-0.3, -0.25) is 4.72 Å². The number of hydrogen-bond donors (Lipinski definition) is 4. The van der Waals surface area contributed by atoms with Crippen LogP contribution in [0.25, 0.3) is 5.65 Å². The number of sulfonamides is 1. The second kappa shape index (κ2) is 16.4. The van der Waals surface area contributed by atoms with Gasteiger partial charge in [0, 0.05) is 36.2 Å². The molecule has 15 heteroatoms. The van der Waals surface area contributed by atoms with Crippen molar-refractivity contribution in [2.75, 3.05) is 29.7 Å². The molecule has 258 valence electrons. The first-order valence-electron chi connectivity index (χ1n) is 15.9. The number of benzene rings is 2. The quantitative estimate of drug-likeness (QED) is 0.124. The van der Waals surface area contributed by atoms with Crippen LogP contribution in [0, 0.1) is 0 Å². The Labute approximate surface area is 280 Å². The Kier molecular flexibility index (Phi) is 12.3. The molecule has 2 aromatic heterocycles. The number of carbonyl (C=O) groups is 2. The highest BCUT2D eigenvalue weighted by atomic mass is 32.2. The summed E-state index contributed by atoms with van der Waals surface area (Å²) in [5.74, 6) is 0. The Morgan fingerprint density at radius 2 is 1.69 bits per heavy atom. The molecule has 2 aromatic carbocycles. The maximum absolute atomic E-state index is 13.1. The van der Waals surface area contributed by atoms with Gasteiger partial charge < -0.3 is 25.4 Å². The van der Waals surface area contributed by atoms with Crippen LogP contribution in [0.15, 0.2) is 71.8 Å². The Morgan fingerprint density at radius 1 is 0.979 bits per heavy atom. The number of aliphatic hydroxyl groups is 1. The molecule has 1 unspecified atom stereocenters. The van der Waals surface area contributed by atoms with Crippen LogP contribution in [0.5, 0.6) is 0 Å². The predicted octanol–water partition coefficient (Wildman–Crippen LogP) is 5.14. The van der Waals surface area contributed by atoms with E-state index in [2.05, 4.69) is 37.8 Å². The molecule has 4 rings (SSSR count). The van der Waals surface area contributed by atoms with Gasteiger partial charge >= 0.3 is 12.1 Å². The molecule has 0 aliphatic rings. The van der Waals surface area contributed by atoms with E-state index >= 15 is 0 Å². The number of hydrogen-bond acceptors (Lipinski definition) is 9. The lowest BCUT2D eigenvalue weighted by Crippen LogP contribution is -2.40. The molecular weight excluding hydrogens is 636 g/mol. The monoisotopic (exact) mass is 680 g/mol. The van der Waals surface area contributed by atoms with E-state index in [0.29, 0.717) is 35.6 Å². The number of tetrazole rings is 1. The number of unbranched alkanes of at least 4 members (excludes halogenated alkanes) is 3. The Balaban J connectivity index is 1.33. The Bertz CT molecular complexity index is 1760. The molecule has 0 bridgehead atoms. The second-order valence-corrected chi connectivity index (χ2v) is 14.1. The van der Waals surface area contributed by atoms with Crippen molar-refractivity contribution in [2.24, 2.45) is 0 Å². The van der Waals surface area contributed by atoms with Gasteiger partial charge in [0.15, 0.2) is 5.65 Å². The number of urea groups is 1. The molecule has 2 heterocycles. The average Bonchev–Trinajstić information content (AvgIpc) is 3.51. The summed E-state index contributed by atoms with van der Waals surface area (Å²) < 4.78 is 35.6. The van der Waals surface area contributed by atoms with E-state index < -0.39 is 27.8 Å². The molecule has 4 aromatic rings. The molecule has 0 radical (unpaired) electrons. The fourth-order valence-corrected chi connectivity index (χ4v) is 5.77. The number of pyridine rings is 1. The summed E-state index contributed by atoms with van der Waals surface area (Å²) in [6.45, 7) is 8.22. The largest absolute Gasteiger partial charge is 0.444 e. The number of fused-ring (bicyclic) bond motifs is 1. The van der Waals surface area contributed by atoms with Gasteiger partial charge in [0.1, 0.15) is 5.60 Å². The van der Waals surface area contributed by atoms with Gasteiger partial charge in [0.05, 0.1) is 17.5 Å². The Morgan fingerprint density at radius 3 is 2.38 bits per heavy atom. The van der Waals surface area contributed by atoms with Gasteiger partial charge in [0.25, 0.3) is 10.0 Å². The molecule has 0 aliphatic heterocycles. The van der Waals surface area contributed by atoms with Crippen molar-refractivity contribution in [3.63, 3.8) is 0 Å². The van der Waals surface area contributed by atoms with E-state index in [1.165, 1.54) is 33.7 Å². The summed E-state index contributed by atoms with van der Waals surface area (Å²) in [6, 6.07) is 15.8. The van der Waals surface area contributed by atoms with Gasteiger partial charge in [0.2, 0.25) is 0 Å². The lowest BCUT2D eigenvalue weighted by atomic mass is 10.1. The van der Waals surface area contributed by atoms with Gasteiger partial charge in [-0.15, -0.1) is 5.10 Å². The maximum Gasteiger partial charge on any atom is 0.410 e. The maximum atomic E-state index is 13.1.